The van der Waals surface area contributed by atoms with Crippen molar-refractivity contribution < 1.29 is 19.5 Å². The minimum atomic E-state index is -1.31. The van der Waals surface area contributed by atoms with E-state index in [9.17, 15) is 19.5 Å². The van der Waals surface area contributed by atoms with Gasteiger partial charge in [-0.2, -0.15) is 11.8 Å². The Labute approximate surface area is 170 Å². The van der Waals surface area contributed by atoms with Gasteiger partial charge >= 0.3 is 5.97 Å². The number of imide groups is 1. The number of thioether (sulfide) groups is 1. The van der Waals surface area contributed by atoms with Crippen molar-refractivity contribution in [1.29, 1.82) is 0 Å². The molecule has 0 radical (unpaired) electrons. The van der Waals surface area contributed by atoms with Crippen molar-refractivity contribution in [3.63, 3.8) is 0 Å². The zero-order valence-electron chi connectivity index (χ0n) is 15.8. The molecule has 8 heteroatoms. The zero-order chi connectivity index (χ0) is 20.4. The summed E-state index contributed by atoms with van der Waals surface area (Å²) in [5, 5.41) is 9.76. The lowest BCUT2D eigenvalue weighted by atomic mass is 10.0. The molecule has 3 N–H and O–H groups in total. The van der Waals surface area contributed by atoms with Crippen molar-refractivity contribution in [2.24, 2.45) is 5.73 Å². The SMILES string of the molecule is CCCCC(=O)N(C(=O)C(N)CCSC)C(Cc1ccccc1S)C(=O)O. The number of carboxylic acid groups (broad SMARTS) is 1. The summed E-state index contributed by atoms with van der Waals surface area (Å²) in [7, 11) is 0. The van der Waals surface area contributed by atoms with Gasteiger partial charge in [-0.3, -0.25) is 14.5 Å². The van der Waals surface area contributed by atoms with Crippen molar-refractivity contribution in [1.82, 2.24) is 4.90 Å². The van der Waals surface area contributed by atoms with E-state index < -0.39 is 29.9 Å². The Bertz CT molecular complexity index is 654. The van der Waals surface area contributed by atoms with E-state index >= 15 is 0 Å². The van der Waals surface area contributed by atoms with Gasteiger partial charge in [0.05, 0.1) is 6.04 Å². The fourth-order valence-electron chi connectivity index (χ4n) is 2.63. The minimum Gasteiger partial charge on any atom is -0.480 e. The molecule has 2 atom stereocenters. The summed E-state index contributed by atoms with van der Waals surface area (Å²) in [6.07, 6.45) is 3.73. The zero-order valence-corrected chi connectivity index (χ0v) is 17.5. The molecule has 1 aromatic rings. The molecular weight excluding hydrogens is 384 g/mol. The molecule has 0 fully saturated rings. The molecule has 1 rings (SSSR count). The van der Waals surface area contributed by atoms with Gasteiger partial charge in [-0.05, 0) is 36.5 Å². The number of nitrogens with zero attached hydrogens (tertiary/aromatic N) is 1. The highest BCUT2D eigenvalue weighted by Crippen LogP contribution is 2.19. The molecule has 0 aliphatic carbocycles. The van der Waals surface area contributed by atoms with Crippen LogP contribution < -0.4 is 5.73 Å². The summed E-state index contributed by atoms with van der Waals surface area (Å²) in [6, 6.07) is 4.82. The van der Waals surface area contributed by atoms with Gasteiger partial charge < -0.3 is 10.8 Å². The number of amides is 2. The Balaban J connectivity index is 3.17. The van der Waals surface area contributed by atoms with E-state index in [0.29, 0.717) is 29.1 Å². The first-order chi connectivity index (χ1) is 12.8. The summed E-state index contributed by atoms with van der Waals surface area (Å²) in [5.74, 6) is -1.71. The molecule has 150 valence electrons. The van der Waals surface area contributed by atoms with Crippen LogP contribution in [0.5, 0.6) is 0 Å². The van der Waals surface area contributed by atoms with Crippen LogP contribution in [0.15, 0.2) is 29.2 Å². The highest BCUT2D eigenvalue weighted by Gasteiger charge is 2.36. The quantitative estimate of drug-likeness (QED) is 0.483. The molecule has 0 heterocycles. The number of unbranched alkanes of at least 4 members (excludes halogenated alkanes) is 1. The van der Waals surface area contributed by atoms with Crippen molar-refractivity contribution in [2.75, 3.05) is 12.0 Å². The average molecular weight is 413 g/mol. The van der Waals surface area contributed by atoms with Crippen LogP contribution in [0.4, 0.5) is 0 Å². The van der Waals surface area contributed by atoms with E-state index in [1.807, 2.05) is 13.2 Å². The minimum absolute atomic E-state index is 0.00609. The molecule has 0 saturated heterocycles. The van der Waals surface area contributed by atoms with Crippen molar-refractivity contribution in [3.8, 4) is 0 Å². The van der Waals surface area contributed by atoms with Gasteiger partial charge in [-0.15, -0.1) is 12.6 Å². The van der Waals surface area contributed by atoms with Crippen LogP contribution in [0.1, 0.15) is 38.2 Å². The van der Waals surface area contributed by atoms with E-state index in [4.69, 9.17) is 5.73 Å². The van der Waals surface area contributed by atoms with Gasteiger partial charge in [0.2, 0.25) is 11.8 Å². The third-order valence-electron chi connectivity index (χ3n) is 4.20. The van der Waals surface area contributed by atoms with Crippen LogP contribution in [-0.2, 0) is 20.8 Å². The summed E-state index contributed by atoms with van der Waals surface area (Å²) >= 11 is 5.89. The van der Waals surface area contributed by atoms with Crippen LogP contribution >= 0.6 is 24.4 Å². The molecule has 0 saturated carbocycles. The number of hydrogen-bond acceptors (Lipinski definition) is 6. The largest absolute Gasteiger partial charge is 0.480 e. The number of rotatable bonds is 11. The van der Waals surface area contributed by atoms with E-state index in [1.54, 1.807) is 24.3 Å². The van der Waals surface area contributed by atoms with E-state index in [0.717, 1.165) is 11.3 Å². The van der Waals surface area contributed by atoms with Crippen LogP contribution in [0.25, 0.3) is 0 Å². The number of nitrogens with two attached hydrogens (primary N) is 1. The van der Waals surface area contributed by atoms with E-state index in [-0.39, 0.29) is 12.8 Å². The number of carboxylic acids is 1. The first kappa shape index (κ1) is 23.5. The second-order valence-electron chi connectivity index (χ2n) is 6.28. The Hall–Kier alpha value is -1.51. The fourth-order valence-corrected chi connectivity index (χ4v) is 3.37. The van der Waals surface area contributed by atoms with Gasteiger partial charge in [0.15, 0.2) is 0 Å². The molecule has 0 spiro atoms. The average Bonchev–Trinajstić information content (AvgIpc) is 2.64. The van der Waals surface area contributed by atoms with Crippen LogP contribution in [-0.4, -0.2) is 51.9 Å². The number of carbonyl (C=O) groups is 3. The lowest BCUT2D eigenvalue weighted by Gasteiger charge is -2.30. The molecular formula is C19H28N2O4S2. The number of thiol groups is 1. The second-order valence-corrected chi connectivity index (χ2v) is 7.75. The third-order valence-corrected chi connectivity index (χ3v) is 5.28. The molecule has 2 unspecified atom stereocenters. The normalized spacial score (nSPS) is 13.0. The molecule has 0 bridgehead atoms. The highest BCUT2D eigenvalue weighted by atomic mass is 32.2. The van der Waals surface area contributed by atoms with Crippen LogP contribution in [0, 0.1) is 0 Å². The Kier molecular flexibility index (Phi) is 10.5. The molecule has 0 aliphatic heterocycles. The lowest BCUT2D eigenvalue weighted by Crippen LogP contribution is -2.55. The number of aliphatic carboxylic acids is 1. The van der Waals surface area contributed by atoms with Gasteiger partial charge in [0, 0.05) is 17.7 Å². The molecule has 2 amide bonds. The molecule has 6 nitrogen and oxygen atoms in total. The summed E-state index contributed by atoms with van der Waals surface area (Å²) in [4.78, 5) is 39.0. The van der Waals surface area contributed by atoms with Crippen LogP contribution in [0.3, 0.4) is 0 Å². The first-order valence-electron chi connectivity index (χ1n) is 8.93. The number of benzene rings is 1. The molecule has 0 aliphatic rings. The maximum Gasteiger partial charge on any atom is 0.327 e. The number of hydrogen-bond donors (Lipinski definition) is 3. The van der Waals surface area contributed by atoms with Gasteiger partial charge in [-0.25, -0.2) is 4.79 Å². The highest BCUT2D eigenvalue weighted by molar-refractivity contribution is 7.98. The first-order valence-corrected chi connectivity index (χ1v) is 10.8. The molecule has 1 aromatic carbocycles. The standard InChI is InChI=1S/C19H28N2O4S2/c1-3-4-9-17(22)21(18(23)14(20)10-11-27-2)15(19(24)25)12-13-7-5-6-8-16(13)26/h5-8,14-15,26H,3-4,9-12,20H2,1-2H3,(H,24,25). The van der Waals surface area contributed by atoms with Crippen molar-refractivity contribution in [3.05, 3.63) is 29.8 Å². The Morgan fingerprint density at radius 2 is 1.96 bits per heavy atom. The van der Waals surface area contributed by atoms with E-state index in [1.165, 1.54) is 11.8 Å². The summed E-state index contributed by atoms with van der Waals surface area (Å²) < 4.78 is 0. The van der Waals surface area contributed by atoms with E-state index in [2.05, 4.69) is 12.6 Å². The number of carbonyl (C=O) groups excluding carboxylic acids is 2. The maximum atomic E-state index is 12.9. The molecule has 0 aromatic heterocycles. The summed E-state index contributed by atoms with van der Waals surface area (Å²) in [5.41, 5.74) is 6.63. The van der Waals surface area contributed by atoms with Gasteiger partial charge in [0.1, 0.15) is 6.04 Å². The third kappa shape index (κ3) is 7.20. The Morgan fingerprint density at radius 1 is 1.30 bits per heavy atom. The Morgan fingerprint density at radius 3 is 2.52 bits per heavy atom. The summed E-state index contributed by atoms with van der Waals surface area (Å²) in [6.45, 7) is 1.93. The van der Waals surface area contributed by atoms with Gasteiger partial charge in [0.25, 0.3) is 0 Å². The maximum absolute atomic E-state index is 12.9. The smallest absolute Gasteiger partial charge is 0.327 e. The molecule has 27 heavy (non-hydrogen) atoms. The predicted molar refractivity (Wildman–Crippen MR) is 111 cm³/mol. The monoisotopic (exact) mass is 412 g/mol. The fraction of sp³-hybridized carbons (Fsp3) is 0.526. The van der Waals surface area contributed by atoms with Crippen molar-refractivity contribution in [2.45, 2.75) is 56.0 Å². The predicted octanol–water partition coefficient (Wildman–Crippen LogP) is 2.60. The lowest BCUT2D eigenvalue weighted by molar-refractivity contribution is -0.158. The second kappa shape index (κ2) is 12.0. The van der Waals surface area contributed by atoms with Crippen molar-refractivity contribution >= 4 is 42.2 Å². The topological polar surface area (TPSA) is 101 Å². The van der Waals surface area contributed by atoms with Crippen LogP contribution in [0.2, 0.25) is 0 Å². The van der Waals surface area contributed by atoms with Gasteiger partial charge in [-0.1, -0.05) is 31.5 Å².